The van der Waals surface area contributed by atoms with Gasteiger partial charge in [0.2, 0.25) is 0 Å². The minimum Gasteiger partial charge on any atom is -0.383 e. The molecule has 0 saturated heterocycles. The number of rotatable bonds is 4. The number of sulfone groups is 1. The molecule has 5 nitrogen and oxygen atoms in total. The molecule has 0 amide bonds. The van der Waals surface area contributed by atoms with E-state index >= 15 is 0 Å². The lowest BCUT2D eigenvalue weighted by atomic mass is 10.1. The molecule has 1 aromatic heterocycles. The molecule has 0 radical (unpaired) electrons. The zero-order valence-corrected chi connectivity index (χ0v) is 12.0. The number of aromatic nitrogens is 2. The summed E-state index contributed by atoms with van der Waals surface area (Å²) in [5.74, 6) is 0.770. The first-order chi connectivity index (χ1) is 7.22. The Morgan fingerprint density at radius 2 is 2.06 bits per heavy atom. The number of nitrogens with two attached hydrogens (primary N) is 1. The summed E-state index contributed by atoms with van der Waals surface area (Å²) in [7, 11) is -2.99. The summed E-state index contributed by atoms with van der Waals surface area (Å²) in [5.41, 5.74) is 6.68. The quantitative estimate of drug-likeness (QED) is 0.912. The van der Waals surface area contributed by atoms with Gasteiger partial charge in [0.25, 0.3) is 0 Å². The summed E-state index contributed by atoms with van der Waals surface area (Å²) in [6.45, 7) is 4.30. The van der Waals surface area contributed by atoms with Gasteiger partial charge in [-0.25, -0.2) is 13.1 Å². The van der Waals surface area contributed by atoms with Crippen molar-refractivity contribution in [1.82, 2.24) is 9.78 Å². The number of anilines is 1. The predicted molar refractivity (Wildman–Crippen MR) is 68.1 cm³/mol. The van der Waals surface area contributed by atoms with Crippen LogP contribution in [0.5, 0.6) is 0 Å². The van der Waals surface area contributed by atoms with Crippen LogP contribution in [0.25, 0.3) is 0 Å². The Kier molecular flexibility index (Phi) is 4.01. The maximum absolute atomic E-state index is 11.0. The van der Waals surface area contributed by atoms with Crippen molar-refractivity contribution in [1.29, 1.82) is 0 Å². The topological polar surface area (TPSA) is 78.0 Å². The van der Waals surface area contributed by atoms with Gasteiger partial charge in [-0.3, -0.25) is 0 Å². The van der Waals surface area contributed by atoms with Gasteiger partial charge >= 0.3 is 0 Å². The molecule has 2 N–H and O–H groups in total. The maximum Gasteiger partial charge on any atom is 0.149 e. The summed E-state index contributed by atoms with van der Waals surface area (Å²) < 4.78 is 24.4. The number of aryl methyl sites for hydroxylation is 1. The van der Waals surface area contributed by atoms with Gasteiger partial charge < -0.3 is 5.73 Å². The lowest BCUT2D eigenvalue weighted by Crippen LogP contribution is -2.14. The SMILES string of the molecule is CC(C)c1nn(CCS(C)(=O)=O)c(N)c1Br. The Bertz CT molecular complexity index is 479. The van der Waals surface area contributed by atoms with Crippen LogP contribution in [0.15, 0.2) is 4.47 Å². The highest BCUT2D eigenvalue weighted by Gasteiger charge is 2.16. The molecule has 0 saturated carbocycles. The molecule has 0 aliphatic carbocycles. The molecule has 1 rings (SSSR count). The molecule has 92 valence electrons. The summed E-state index contributed by atoms with van der Waals surface area (Å²) in [6.07, 6.45) is 1.20. The number of hydrogen-bond donors (Lipinski definition) is 1. The Morgan fingerprint density at radius 3 is 2.44 bits per heavy atom. The fraction of sp³-hybridized carbons (Fsp3) is 0.667. The second kappa shape index (κ2) is 4.75. The van der Waals surface area contributed by atoms with Crippen LogP contribution < -0.4 is 5.73 Å². The van der Waals surface area contributed by atoms with Crippen molar-refractivity contribution in [2.75, 3.05) is 17.7 Å². The molecule has 0 aromatic carbocycles. The highest BCUT2D eigenvalue weighted by molar-refractivity contribution is 9.10. The molecule has 0 unspecified atom stereocenters. The maximum atomic E-state index is 11.0. The van der Waals surface area contributed by atoms with E-state index < -0.39 is 9.84 Å². The third kappa shape index (κ3) is 3.21. The normalized spacial score (nSPS) is 12.3. The molecular formula is C9H16BrN3O2S. The van der Waals surface area contributed by atoms with Crippen molar-refractivity contribution in [3.63, 3.8) is 0 Å². The molecule has 0 bridgehead atoms. The summed E-state index contributed by atoms with van der Waals surface area (Å²) in [4.78, 5) is 0. The standard InChI is InChI=1S/C9H16BrN3O2S/c1-6(2)8-7(10)9(11)13(12-8)4-5-16(3,14)15/h6H,4-5,11H2,1-3H3. The molecule has 0 spiro atoms. The summed E-state index contributed by atoms with van der Waals surface area (Å²) in [6, 6.07) is 0. The van der Waals surface area contributed by atoms with Gasteiger partial charge in [0, 0.05) is 6.26 Å². The molecule has 0 atom stereocenters. The third-order valence-electron chi connectivity index (χ3n) is 2.18. The smallest absolute Gasteiger partial charge is 0.149 e. The molecule has 0 fully saturated rings. The molecule has 0 aliphatic heterocycles. The zero-order chi connectivity index (χ0) is 12.5. The van der Waals surface area contributed by atoms with Crippen LogP contribution in [0.2, 0.25) is 0 Å². The lowest BCUT2D eigenvalue weighted by molar-refractivity contribution is 0.584. The van der Waals surface area contributed by atoms with Crippen LogP contribution in [0, 0.1) is 0 Å². The van der Waals surface area contributed by atoms with E-state index in [1.54, 1.807) is 0 Å². The zero-order valence-electron chi connectivity index (χ0n) is 9.57. The number of hydrogen-bond acceptors (Lipinski definition) is 4. The number of nitrogen functional groups attached to an aromatic ring is 1. The van der Waals surface area contributed by atoms with Crippen molar-refractivity contribution < 1.29 is 8.42 Å². The van der Waals surface area contributed by atoms with Gasteiger partial charge in [0.05, 0.1) is 22.5 Å². The monoisotopic (exact) mass is 309 g/mol. The predicted octanol–water partition coefficient (Wildman–Crippen LogP) is 1.40. The minimum atomic E-state index is -2.99. The Balaban J connectivity index is 2.94. The lowest BCUT2D eigenvalue weighted by Gasteiger charge is -2.02. The van der Waals surface area contributed by atoms with Gasteiger partial charge in [-0.05, 0) is 21.8 Å². The Hall–Kier alpha value is -0.560. The number of halogens is 1. The van der Waals surface area contributed by atoms with E-state index in [1.807, 2.05) is 13.8 Å². The molecule has 0 aliphatic rings. The summed E-state index contributed by atoms with van der Waals surface area (Å²) >= 11 is 3.36. The molecule has 16 heavy (non-hydrogen) atoms. The molecule has 1 heterocycles. The fourth-order valence-corrected chi connectivity index (χ4v) is 2.51. The van der Waals surface area contributed by atoms with Gasteiger partial charge in [0.15, 0.2) is 0 Å². The molecular weight excluding hydrogens is 294 g/mol. The van der Waals surface area contributed by atoms with E-state index in [-0.39, 0.29) is 18.2 Å². The van der Waals surface area contributed by atoms with Crippen LogP contribution in [0.4, 0.5) is 5.82 Å². The largest absolute Gasteiger partial charge is 0.383 e. The van der Waals surface area contributed by atoms with Gasteiger partial charge in [-0.1, -0.05) is 13.8 Å². The van der Waals surface area contributed by atoms with Crippen LogP contribution >= 0.6 is 15.9 Å². The highest BCUT2D eigenvalue weighted by atomic mass is 79.9. The second-order valence-corrected chi connectivity index (χ2v) is 7.14. The van der Waals surface area contributed by atoms with Crippen molar-refractivity contribution in [2.24, 2.45) is 0 Å². The summed E-state index contributed by atoms with van der Waals surface area (Å²) in [5, 5.41) is 4.29. The number of nitrogens with zero attached hydrogens (tertiary/aromatic N) is 2. The van der Waals surface area contributed by atoms with Crippen LogP contribution in [-0.2, 0) is 16.4 Å². The average Bonchev–Trinajstić information content (AvgIpc) is 2.40. The first kappa shape index (κ1) is 13.5. The van der Waals surface area contributed by atoms with Crippen LogP contribution in [0.3, 0.4) is 0 Å². The van der Waals surface area contributed by atoms with Crippen molar-refractivity contribution in [2.45, 2.75) is 26.3 Å². The van der Waals surface area contributed by atoms with E-state index in [4.69, 9.17) is 5.73 Å². The van der Waals surface area contributed by atoms with Gasteiger partial charge in [-0.15, -0.1) is 0 Å². The third-order valence-corrected chi connectivity index (χ3v) is 3.91. The van der Waals surface area contributed by atoms with Crippen molar-refractivity contribution >= 4 is 31.6 Å². The fourth-order valence-electron chi connectivity index (χ4n) is 1.26. The first-order valence-corrected chi connectivity index (χ1v) is 7.77. The van der Waals surface area contributed by atoms with Gasteiger partial charge in [0.1, 0.15) is 15.7 Å². The molecule has 1 aromatic rings. The highest BCUT2D eigenvalue weighted by Crippen LogP contribution is 2.28. The second-order valence-electron chi connectivity index (χ2n) is 4.09. The van der Waals surface area contributed by atoms with E-state index in [1.165, 1.54) is 10.9 Å². The Morgan fingerprint density at radius 1 is 1.50 bits per heavy atom. The van der Waals surface area contributed by atoms with E-state index in [9.17, 15) is 8.42 Å². The Labute approximate surface area is 104 Å². The van der Waals surface area contributed by atoms with E-state index in [2.05, 4.69) is 21.0 Å². The first-order valence-electron chi connectivity index (χ1n) is 4.91. The van der Waals surface area contributed by atoms with E-state index in [0.29, 0.717) is 5.82 Å². The van der Waals surface area contributed by atoms with Crippen LogP contribution in [-0.4, -0.2) is 30.2 Å². The average molecular weight is 310 g/mol. The molecule has 7 heteroatoms. The van der Waals surface area contributed by atoms with Gasteiger partial charge in [-0.2, -0.15) is 5.10 Å². The van der Waals surface area contributed by atoms with Crippen molar-refractivity contribution in [3.8, 4) is 0 Å². The van der Waals surface area contributed by atoms with Crippen molar-refractivity contribution in [3.05, 3.63) is 10.2 Å². The van der Waals surface area contributed by atoms with E-state index in [0.717, 1.165) is 10.2 Å². The van der Waals surface area contributed by atoms with Crippen LogP contribution in [0.1, 0.15) is 25.5 Å². The minimum absolute atomic E-state index is 0.0445.